The number of fused-ring (bicyclic) bond motifs is 1. The lowest BCUT2D eigenvalue weighted by Crippen LogP contribution is -2.41. The number of nitrogens with one attached hydrogen (secondary N) is 2. The average molecular weight is 345 g/mol. The fourth-order valence-electron chi connectivity index (χ4n) is 2.42. The molecule has 3 aromatic rings. The lowest BCUT2D eigenvalue weighted by molar-refractivity contribution is 0.129. The van der Waals surface area contributed by atoms with Crippen molar-refractivity contribution in [1.29, 1.82) is 0 Å². The molecular formula is C17H19N3O3S. The third-order valence-electron chi connectivity index (χ3n) is 3.56. The first kappa shape index (κ1) is 16.5. The number of aromatic nitrogens is 1. The van der Waals surface area contributed by atoms with E-state index >= 15 is 0 Å². The number of aliphatic hydroxyl groups is 1. The number of hydrogen-bond donors (Lipinski definition) is 3. The SMILES string of the molecule is C[C@H](C[C@@H](O)c1ccco1)NC(=O)NCc1nc2ccccc2s1. The molecule has 0 aliphatic heterocycles. The highest BCUT2D eigenvalue weighted by Gasteiger charge is 2.16. The van der Waals surface area contributed by atoms with Crippen LogP contribution in [0.2, 0.25) is 0 Å². The standard InChI is InChI=1S/C17H19N3O3S/c1-11(9-13(21)14-6-4-8-23-14)19-17(22)18-10-16-20-12-5-2-3-7-15(12)24-16/h2-8,11,13,21H,9-10H2,1H3,(H2,18,19,22)/t11-,13-/m1/s1. The maximum atomic E-state index is 12.0. The smallest absolute Gasteiger partial charge is 0.315 e. The molecule has 0 aliphatic carbocycles. The molecule has 0 unspecified atom stereocenters. The van der Waals surface area contributed by atoms with Crippen LogP contribution < -0.4 is 10.6 Å². The Labute approximate surface area is 143 Å². The summed E-state index contributed by atoms with van der Waals surface area (Å²) in [6.07, 6.45) is 1.16. The number of carbonyl (C=O) groups excluding carboxylic acids is 1. The molecule has 0 spiro atoms. The molecule has 0 radical (unpaired) electrons. The number of benzene rings is 1. The molecule has 6 nitrogen and oxygen atoms in total. The van der Waals surface area contributed by atoms with Gasteiger partial charge in [-0.2, -0.15) is 0 Å². The van der Waals surface area contributed by atoms with E-state index in [1.165, 1.54) is 6.26 Å². The van der Waals surface area contributed by atoms with Gasteiger partial charge in [0.2, 0.25) is 0 Å². The van der Waals surface area contributed by atoms with Gasteiger partial charge in [0.05, 0.1) is 23.0 Å². The summed E-state index contributed by atoms with van der Waals surface area (Å²) >= 11 is 1.56. The zero-order chi connectivity index (χ0) is 16.9. The first-order valence-electron chi connectivity index (χ1n) is 7.72. The van der Waals surface area contributed by atoms with E-state index in [1.807, 2.05) is 31.2 Å². The van der Waals surface area contributed by atoms with Gasteiger partial charge in [-0.25, -0.2) is 9.78 Å². The van der Waals surface area contributed by atoms with Crippen molar-refractivity contribution in [2.75, 3.05) is 0 Å². The number of rotatable bonds is 6. The second kappa shape index (κ2) is 7.46. The van der Waals surface area contributed by atoms with Crippen molar-refractivity contribution in [3.05, 3.63) is 53.4 Å². The zero-order valence-corrected chi connectivity index (χ0v) is 14.0. The van der Waals surface area contributed by atoms with Gasteiger partial charge in [-0.15, -0.1) is 11.3 Å². The molecule has 7 heteroatoms. The van der Waals surface area contributed by atoms with Gasteiger partial charge in [0.25, 0.3) is 0 Å². The van der Waals surface area contributed by atoms with E-state index in [4.69, 9.17) is 4.42 Å². The number of urea groups is 1. The Balaban J connectivity index is 1.46. The summed E-state index contributed by atoms with van der Waals surface area (Å²) in [6, 6.07) is 10.8. The predicted molar refractivity (Wildman–Crippen MR) is 92.7 cm³/mol. The van der Waals surface area contributed by atoms with Crippen LogP contribution in [-0.2, 0) is 6.54 Å². The summed E-state index contributed by atoms with van der Waals surface area (Å²) < 4.78 is 6.25. The first-order chi connectivity index (χ1) is 11.6. The molecule has 2 atom stereocenters. The Kier molecular flexibility index (Phi) is 5.12. The Morgan fingerprint density at radius 3 is 2.92 bits per heavy atom. The van der Waals surface area contributed by atoms with Crippen LogP contribution in [0.4, 0.5) is 4.79 Å². The summed E-state index contributed by atoms with van der Waals surface area (Å²) in [5.41, 5.74) is 0.939. The normalized spacial score (nSPS) is 13.6. The van der Waals surface area contributed by atoms with Gasteiger partial charge in [0.1, 0.15) is 16.9 Å². The van der Waals surface area contributed by atoms with Crippen LogP contribution >= 0.6 is 11.3 Å². The van der Waals surface area contributed by atoms with Gasteiger partial charge in [-0.1, -0.05) is 12.1 Å². The van der Waals surface area contributed by atoms with Gasteiger partial charge in [0, 0.05) is 12.5 Å². The molecular weight excluding hydrogens is 326 g/mol. The number of furan rings is 1. The van der Waals surface area contributed by atoms with Crippen LogP contribution in [-0.4, -0.2) is 22.2 Å². The van der Waals surface area contributed by atoms with Gasteiger partial charge >= 0.3 is 6.03 Å². The van der Waals surface area contributed by atoms with Crippen molar-refractivity contribution in [1.82, 2.24) is 15.6 Å². The van der Waals surface area contributed by atoms with Crippen molar-refractivity contribution in [2.24, 2.45) is 0 Å². The lowest BCUT2D eigenvalue weighted by atomic mass is 10.1. The molecule has 1 aromatic carbocycles. The van der Waals surface area contributed by atoms with Crippen LogP contribution in [0.3, 0.4) is 0 Å². The molecule has 126 valence electrons. The Hall–Kier alpha value is -2.38. The molecule has 2 heterocycles. The highest BCUT2D eigenvalue weighted by atomic mass is 32.1. The monoisotopic (exact) mass is 345 g/mol. The fraction of sp³-hybridized carbons (Fsp3) is 0.294. The highest BCUT2D eigenvalue weighted by molar-refractivity contribution is 7.18. The van der Waals surface area contributed by atoms with Gasteiger partial charge < -0.3 is 20.2 Å². The van der Waals surface area contributed by atoms with Crippen LogP contribution in [0.5, 0.6) is 0 Å². The van der Waals surface area contributed by atoms with Gasteiger partial charge in [-0.05, 0) is 31.2 Å². The van der Waals surface area contributed by atoms with Crippen LogP contribution in [0.25, 0.3) is 10.2 Å². The van der Waals surface area contributed by atoms with E-state index in [2.05, 4.69) is 15.6 Å². The Morgan fingerprint density at radius 2 is 2.17 bits per heavy atom. The van der Waals surface area contributed by atoms with Crippen molar-refractivity contribution >= 4 is 27.6 Å². The fourth-order valence-corrected chi connectivity index (χ4v) is 3.32. The number of amides is 2. The maximum Gasteiger partial charge on any atom is 0.315 e. The molecule has 0 fully saturated rings. The Morgan fingerprint density at radius 1 is 1.33 bits per heavy atom. The number of carbonyl (C=O) groups is 1. The molecule has 3 N–H and O–H groups in total. The van der Waals surface area contributed by atoms with E-state index < -0.39 is 6.10 Å². The quantitative estimate of drug-likeness (QED) is 0.640. The summed E-state index contributed by atoms with van der Waals surface area (Å²) in [5, 5.41) is 16.5. The number of para-hydroxylation sites is 1. The van der Waals surface area contributed by atoms with E-state index in [9.17, 15) is 9.90 Å². The third kappa shape index (κ3) is 4.12. The summed E-state index contributed by atoms with van der Waals surface area (Å²) in [5.74, 6) is 0.499. The topological polar surface area (TPSA) is 87.4 Å². The van der Waals surface area contributed by atoms with Crippen LogP contribution in [0, 0.1) is 0 Å². The van der Waals surface area contributed by atoms with Crippen molar-refractivity contribution in [3.63, 3.8) is 0 Å². The van der Waals surface area contributed by atoms with Gasteiger partial charge in [-0.3, -0.25) is 0 Å². The molecule has 0 saturated heterocycles. The van der Waals surface area contributed by atoms with Crippen molar-refractivity contribution < 1.29 is 14.3 Å². The van der Waals surface area contributed by atoms with E-state index in [0.717, 1.165) is 15.2 Å². The average Bonchev–Trinajstić information content (AvgIpc) is 3.21. The van der Waals surface area contributed by atoms with Gasteiger partial charge in [0.15, 0.2) is 0 Å². The number of hydrogen-bond acceptors (Lipinski definition) is 5. The third-order valence-corrected chi connectivity index (χ3v) is 4.60. The van der Waals surface area contributed by atoms with Crippen molar-refractivity contribution in [2.45, 2.75) is 32.0 Å². The molecule has 3 rings (SSSR count). The Bertz CT molecular complexity index is 767. The molecule has 2 amide bonds. The molecule has 0 aliphatic rings. The highest BCUT2D eigenvalue weighted by Crippen LogP contribution is 2.21. The minimum Gasteiger partial charge on any atom is -0.467 e. The molecule has 0 bridgehead atoms. The van der Waals surface area contributed by atoms with Crippen molar-refractivity contribution in [3.8, 4) is 0 Å². The summed E-state index contributed by atoms with van der Waals surface area (Å²) in [4.78, 5) is 16.4. The first-order valence-corrected chi connectivity index (χ1v) is 8.54. The second-order valence-electron chi connectivity index (χ2n) is 5.57. The second-order valence-corrected chi connectivity index (χ2v) is 6.69. The zero-order valence-electron chi connectivity index (χ0n) is 13.2. The molecule has 24 heavy (non-hydrogen) atoms. The number of thiazole rings is 1. The molecule has 2 aromatic heterocycles. The summed E-state index contributed by atoms with van der Waals surface area (Å²) in [7, 11) is 0. The number of nitrogens with zero attached hydrogens (tertiary/aromatic N) is 1. The maximum absolute atomic E-state index is 12.0. The van der Waals surface area contributed by atoms with Crippen LogP contribution in [0.1, 0.15) is 30.2 Å². The minimum atomic E-state index is -0.737. The lowest BCUT2D eigenvalue weighted by Gasteiger charge is -2.16. The largest absolute Gasteiger partial charge is 0.467 e. The van der Waals surface area contributed by atoms with Crippen LogP contribution in [0.15, 0.2) is 47.1 Å². The predicted octanol–water partition coefficient (Wildman–Crippen LogP) is 3.20. The summed E-state index contributed by atoms with van der Waals surface area (Å²) in [6.45, 7) is 2.21. The van der Waals surface area contributed by atoms with E-state index in [0.29, 0.717) is 18.7 Å². The van der Waals surface area contributed by atoms with E-state index in [1.54, 1.807) is 23.5 Å². The van der Waals surface area contributed by atoms with E-state index in [-0.39, 0.29) is 12.1 Å². The molecule has 0 saturated carbocycles. The minimum absolute atomic E-state index is 0.194. The number of aliphatic hydroxyl groups excluding tert-OH is 1.